The molecule has 1 heterocycles. The van der Waals surface area contributed by atoms with Crippen molar-refractivity contribution in [3.8, 4) is 0 Å². The van der Waals surface area contributed by atoms with Crippen molar-refractivity contribution >= 4 is 5.69 Å². The van der Waals surface area contributed by atoms with Gasteiger partial charge in [-0.25, -0.2) is 4.98 Å². The van der Waals surface area contributed by atoms with Gasteiger partial charge in [0.25, 0.3) is 0 Å². The highest BCUT2D eigenvalue weighted by atomic mass is 15.1. The lowest BCUT2D eigenvalue weighted by Gasteiger charge is -2.20. The minimum Gasteiger partial charge on any atom is -0.378 e. The number of nitrogens with zero attached hydrogens (tertiary/aromatic N) is 3. The number of benzene rings is 1. The first-order chi connectivity index (χ1) is 9.65. The van der Waals surface area contributed by atoms with Gasteiger partial charge in [-0.05, 0) is 31.7 Å². The van der Waals surface area contributed by atoms with Crippen LogP contribution in [0.25, 0.3) is 0 Å². The Hall–Kier alpha value is -1.81. The van der Waals surface area contributed by atoms with Crippen LogP contribution in [-0.4, -0.2) is 30.7 Å². The van der Waals surface area contributed by atoms with Gasteiger partial charge in [-0.15, -0.1) is 0 Å². The molecule has 108 valence electrons. The maximum atomic E-state index is 4.47. The lowest BCUT2D eigenvalue weighted by Crippen LogP contribution is -2.21. The third-order valence-corrected chi connectivity index (χ3v) is 3.67. The van der Waals surface area contributed by atoms with Gasteiger partial charge >= 0.3 is 0 Å². The highest BCUT2D eigenvalue weighted by Crippen LogP contribution is 2.22. The van der Waals surface area contributed by atoms with E-state index in [9.17, 15) is 0 Å². The summed E-state index contributed by atoms with van der Waals surface area (Å²) in [6.45, 7) is 3.11. The Kier molecular flexibility index (Phi) is 4.79. The van der Waals surface area contributed by atoms with Crippen molar-refractivity contribution in [2.24, 2.45) is 0 Å². The Morgan fingerprint density at radius 2 is 2.15 bits per heavy atom. The SMILES string of the molecule is CCn1ccnc1CC(NC)c1cccc(N(C)C)c1. The number of imidazole rings is 1. The smallest absolute Gasteiger partial charge is 0.110 e. The molecule has 0 fully saturated rings. The van der Waals surface area contributed by atoms with Crippen molar-refractivity contribution in [3.05, 3.63) is 48.0 Å². The van der Waals surface area contributed by atoms with Crippen LogP contribution >= 0.6 is 0 Å². The molecule has 0 saturated carbocycles. The summed E-state index contributed by atoms with van der Waals surface area (Å²) in [4.78, 5) is 6.60. The first-order valence-corrected chi connectivity index (χ1v) is 7.10. The van der Waals surface area contributed by atoms with Crippen molar-refractivity contribution in [3.63, 3.8) is 0 Å². The molecule has 2 rings (SSSR count). The molecule has 1 aromatic heterocycles. The molecule has 0 spiro atoms. The van der Waals surface area contributed by atoms with Gasteiger partial charge in [0.2, 0.25) is 0 Å². The monoisotopic (exact) mass is 272 g/mol. The molecule has 1 aromatic carbocycles. The van der Waals surface area contributed by atoms with E-state index in [4.69, 9.17) is 0 Å². The maximum Gasteiger partial charge on any atom is 0.110 e. The standard InChI is InChI=1S/C16H24N4/c1-5-20-10-9-18-16(20)12-15(17-2)13-7-6-8-14(11-13)19(3)4/h6-11,15,17H,5,12H2,1-4H3. The molecule has 0 aliphatic heterocycles. The van der Waals surface area contributed by atoms with E-state index < -0.39 is 0 Å². The normalized spacial score (nSPS) is 12.4. The number of hydrogen-bond acceptors (Lipinski definition) is 3. The predicted octanol–water partition coefficient (Wildman–Crippen LogP) is 2.47. The molecule has 0 bridgehead atoms. The zero-order valence-electron chi connectivity index (χ0n) is 12.8. The third kappa shape index (κ3) is 3.20. The molecule has 0 aliphatic rings. The molecular formula is C16H24N4. The molecule has 0 saturated heterocycles. The van der Waals surface area contributed by atoms with Gasteiger partial charge in [-0.2, -0.15) is 0 Å². The van der Waals surface area contributed by atoms with E-state index in [0.29, 0.717) is 0 Å². The lowest BCUT2D eigenvalue weighted by atomic mass is 10.0. The van der Waals surface area contributed by atoms with Crippen LogP contribution in [0.1, 0.15) is 24.4 Å². The van der Waals surface area contributed by atoms with Crippen LogP contribution in [0.2, 0.25) is 0 Å². The Morgan fingerprint density at radius 3 is 2.80 bits per heavy atom. The summed E-state index contributed by atoms with van der Waals surface area (Å²) in [6, 6.07) is 8.93. The minimum atomic E-state index is 0.280. The molecule has 2 aromatic rings. The second kappa shape index (κ2) is 6.57. The van der Waals surface area contributed by atoms with E-state index in [-0.39, 0.29) is 6.04 Å². The fourth-order valence-electron chi connectivity index (χ4n) is 2.41. The van der Waals surface area contributed by atoms with Crippen LogP contribution in [0.3, 0.4) is 0 Å². The van der Waals surface area contributed by atoms with E-state index in [1.54, 1.807) is 0 Å². The van der Waals surface area contributed by atoms with Crippen LogP contribution < -0.4 is 10.2 Å². The molecule has 1 N–H and O–H groups in total. The Balaban J connectivity index is 2.22. The van der Waals surface area contributed by atoms with Crippen LogP contribution in [0.5, 0.6) is 0 Å². The highest BCUT2D eigenvalue weighted by Gasteiger charge is 2.14. The molecule has 4 nitrogen and oxygen atoms in total. The lowest BCUT2D eigenvalue weighted by molar-refractivity contribution is 0.553. The largest absolute Gasteiger partial charge is 0.378 e. The highest BCUT2D eigenvalue weighted by molar-refractivity contribution is 5.47. The molecule has 4 heteroatoms. The molecule has 20 heavy (non-hydrogen) atoms. The fraction of sp³-hybridized carbons (Fsp3) is 0.438. The van der Waals surface area contributed by atoms with Gasteiger partial charge < -0.3 is 14.8 Å². The van der Waals surface area contributed by atoms with Crippen LogP contribution in [0, 0.1) is 0 Å². The number of aryl methyl sites for hydroxylation is 1. The van der Waals surface area contributed by atoms with Crippen LogP contribution in [0.4, 0.5) is 5.69 Å². The third-order valence-electron chi connectivity index (χ3n) is 3.67. The number of hydrogen-bond donors (Lipinski definition) is 1. The summed E-state index contributed by atoms with van der Waals surface area (Å²) in [6.07, 6.45) is 4.81. The molecule has 0 amide bonds. The molecule has 0 aliphatic carbocycles. The van der Waals surface area contributed by atoms with Crippen molar-refractivity contribution in [2.75, 3.05) is 26.0 Å². The summed E-state index contributed by atoms with van der Waals surface area (Å²) in [5.41, 5.74) is 2.52. The Labute approximate surface area is 121 Å². The summed E-state index contributed by atoms with van der Waals surface area (Å²) in [7, 11) is 6.14. The number of likely N-dealkylation sites (N-methyl/N-ethyl adjacent to an activating group) is 1. The van der Waals surface area contributed by atoms with Gasteiger partial charge in [0.15, 0.2) is 0 Å². The molecule has 0 radical (unpaired) electrons. The first kappa shape index (κ1) is 14.6. The second-order valence-corrected chi connectivity index (χ2v) is 5.16. The quantitative estimate of drug-likeness (QED) is 0.877. The molecule has 1 atom stereocenters. The van der Waals surface area contributed by atoms with Crippen LogP contribution in [0.15, 0.2) is 36.7 Å². The summed E-state index contributed by atoms with van der Waals surface area (Å²) < 4.78 is 2.19. The average Bonchev–Trinajstić information content (AvgIpc) is 2.92. The topological polar surface area (TPSA) is 33.1 Å². The maximum absolute atomic E-state index is 4.47. The zero-order chi connectivity index (χ0) is 14.5. The van der Waals surface area contributed by atoms with E-state index in [1.165, 1.54) is 11.3 Å². The zero-order valence-corrected chi connectivity index (χ0v) is 12.8. The average molecular weight is 272 g/mol. The van der Waals surface area contributed by atoms with E-state index in [1.807, 2.05) is 19.4 Å². The van der Waals surface area contributed by atoms with Gasteiger partial charge in [0, 0.05) is 51.2 Å². The summed E-state index contributed by atoms with van der Waals surface area (Å²) in [5.74, 6) is 1.13. The number of nitrogens with one attached hydrogen (secondary N) is 1. The summed E-state index contributed by atoms with van der Waals surface area (Å²) in [5, 5.41) is 3.40. The van der Waals surface area contributed by atoms with E-state index in [2.05, 4.69) is 65.1 Å². The Bertz CT molecular complexity index is 545. The molecular weight excluding hydrogens is 248 g/mol. The van der Waals surface area contributed by atoms with Gasteiger partial charge in [-0.3, -0.25) is 0 Å². The van der Waals surface area contributed by atoms with Gasteiger partial charge in [-0.1, -0.05) is 12.1 Å². The van der Waals surface area contributed by atoms with Crippen molar-refractivity contribution in [1.82, 2.24) is 14.9 Å². The van der Waals surface area contributed by atoms with Crippen LogP contribution in [-0.2, 0) is 13.0 Å². The predicted molar refractivity (Wildman–Crippen MR) is 84.2 cm³/mol. The fourth-order valence-corrected chi connectivity index (χ4v) is 2.41. The first-order valence-electron chi connectivity index (χ1n) is 7.10. The Morgan fingerprint density at radius 1 is 1.35 bits per heavy atom. The van der Waals surface area contributed by atoms with E-state index >= 15 is 0 Å². The van der Waals surface area contributed by atoms with Gasteiger partial charge in [0.05, 0.1) is 0 Å². The van der Waals surface area contributed by atoms with Crippen molar-refractivity contribution < 1.29 is 0 Å². The van der Waals surface area contributed by atoms with Crippen molar-refractivity contribution in [2.45, 2.75) is 25.9 Å². The van der Waals surface area contributed by atoms with E-state index in [0.717, 1.165) is 18.8 Å². The van der Waals surface area contributed by atoms with Gasteiger partial charge in [0.1, 0.15) is 5.82 Å². The summed E-state index contributed by atoms with van der Waals surface area (Å²) >= 11 is 0. The second-order valence-electron chi connectivity index (χ2n) is 5.16. The number of rotatable bonds is 6. The number of aromatic nitrogens is 2. The van der Waals surface area contributed by atoms with Crippen molar-refractivity contribution in [1.29, 1.82) is 0 Å². The minimum absolute atomic E-state index is 0.280. The molecule has 1 unspecified atom stereocenters. The number of anilines is 1.